The van der Waals surface area contributed by atoms with Gasteiger partial charge in [-0.05, 0) is 122 Å². The number of carboxylic acid groups (broad SMARTS) is 1. The predicted octanol–water partition coefficient (Wildman–Crippen LogP) is 4.94. The van der Waals surface area contributed by atoms with Gasteiger partial charge < -0.3 is 30.3 Å². The van der Waals surface area contributed by atoms with Crippen LogP contribution in [0.3, 0.4) is 0 Å². The third-order valence-electron chi connectivity index (χ3n) is 14.7. The minimum atomic E-state index is -1.32. The Morgan fingerprint density at radius 2 is 1.52 bits per heavy atom. The normalized spacial score (nSPS) is 53.5. The Labute approximate surface area is 252 Å². The van der Waals surface area contributed by atoms with E-state index in [-0.39, 0.29) is 28.8 Å². The van der Waals surface area contributed by atoms with Gasteiger partial charge in [0.25, 0.3) is 0 Å². The number of carboxylic acids is 1. The molecule has 1 aliphatic heterocycles. The summed E-state index contributed by atoms with van der Waals surface area (Å²) in [4.78, 5) is 12.7. The maximum Gasteiger partial charge on any atom is 0.310 e. The Bertz CT molecular complexity index is 1090. The lowest BCUT2D eigenvalue weighted by molar-refractivity contribution is -0.239. The van der Waals surface area contributed by atoms with Crippen LogP contribution in [-0.4, -0.2) is 68.6 Å². The van der Waals surface area contributed by atoms with Crippen molar-refractivity contribution in [3.63, 3.8) is 0 Å². The summed E-state index contributed by atoms with van der Waals surface area (Å²) in [6.45, 7) is 11.8. The Morgan fingerprint density at radius 3 is 2.21 bits per heavy atom. The van der Waals surface area contributed by atoms with E-state index in [0.717, 1.165) is 57.8 Å². The van der Waals surface area contributed by atoms with Gasteiger partial charge in [-0.3, -0.25) is 4.79 Å². The molecular weight excluding hydrogens is 532 g/mol. The molecule has 7 nitrogen and oxygen atoms in total. The molecule has 238 valence electrons. The van der Waals surface area contributed by atoms with E-state index in [1.54, 1.807) is 0 Å². The van der Waals surface area contributed by atoms with E-state index in [0.29, 0.717) is 36.0 Å². The lowest BCUT2D eigenvalue weighted by Crippen LogP contribution is -2.62. The van der Waals surface area contributed by atoms with Crippen molar-refractivity contribution in [2.24, 2.45) is 57.2 Å². The largest absolute Gasteiger partial charge is 0.481 e. The smallest absolute Gasteiger partial charge is 0.310 e. The average molecular weight is 589 g/mol. The van der Waals surface area contributed by atoms with Crippen LogP contribution >= 0.6 is 0 Å². The second-order valence-electron chi connectivity index (χ2n) is 16.7. The topological polar surface area (TPSA) is 127 Å². The maximum absolute atomic E-state index is 12.7. The van der Waals surface area contributed by atoms with Crippen molar-refractivity contribution in [3.05, 3.63) is 11.6 Å². The Morgan fingerprint density at radius 1 is 0.857 bits per heavy atom. The molecule has 42 heavy (non-hydrogen) atoms. The fraction of sp³-hybridized carbons (Fsp3) is 0.914. The van der Waals surface area contributed by atoms with E-state index in [4.69, 9.17) is 4.74 Å². The molecule has 7 heteroatoms. The molecule has 4 saturated carbocycles. The number of hydrogen-bond acceptors (Lipinski definition) is 6. The summed E-state index contributed by atoms with van der Waals surface area (Å²) in [7, 11) is 0. The SMILES string of the molecule is CC1CCC2(C(=O)O)CCC3C(=CCC4C3(C)CCC3C(C)(C)C(CC5OC(CO)C(O)C(O)C5O)CCC34C)C2C1. The minimum absolute atomic E-state index is 0.000949. The lowest BCUT2D eigenvalue weighted by atomic mass is 9.36. The van der Waals surface area contributed by atoms with Crippen molar-refractivity contribution in [1.29, 1.82) is 0 Å². The maximum atomic E-state index is 12.7. The first-order valence-electron chi connectivity index (χ1n) is 16.9. The van der Waals surface area contributed by atoms with Crippen molar-refractivity contribution in [1.82, 2.24) is 0 Å². The number of ether oxygens (including phenoxy) is 1. The van der Waals surface area contributed by atoms with E-state index in [9.17, 15) is 30.3 Å². The van der Waals surface area contributed by atoms with E-state index < -0.39 is 41.9 Å². The van der Waals surface area contributed by atoms with E-state index in [1.807, 2.05) is 0 Å². The molecule has 6 rings (SSSR count). The van der Waals surface area contributed by atoms with E-state index in [2.05, 4.69) is 40.7 Å². The molecular formula is C35H56O7. The summed E-state index contributed by atoms with van der Waals surface area (Å²) >= 11 is 0. The first-order chi connectivity index (χ1) is 19.7. The van der Waals surface area contributed by atoms with Gasteiger partial charge in [0.15, 0.2) is 0 Å². The third kappa shape index (κ3) is 4.34. The molecule has 5 N–H and O–H groups in total. The standard InChI is InChI=1S/C35H56O7/c1-19-8-14-35(31(40)41)15-10-22-21(23(35)16-19)6-7-27-33(22,4)13-11-26-32(2,3)20(9-12-34(26,27)5)17-24-28(37)30(39)29(38)25(18-36)42-24/h6,19-20,22-30,36-39H,7-18H2,1-5H3,(H,40,41). The summed E-state index contributed by atoms with van der Waals surface area (Å²) in [5.41, 5.74) is 1.28. The summed E-state index contributed by atoms with van der Waals surface area (Å²) in [6, 6.07) is 0. The van der Waals surface area contributed by atoms with Gasteiger partial charge in [0.2, 0.25) is 0 Å². The number of rotatable bonds is 4. The first-order valence-corrected chi connectivity index (χ1v) is 16.9. The van der Waals surface area contributed by atoms with Crippen molar-refractivity contribution in [2.45, 2.75) is 136 Å². The number of allylic oxidation sites excluding steroid dienone is 2. The molecule has 0 radical (unpaired) electrons. The van der Waals surface area contributed by atoms with Gasteiger partial charge in [0.1, 0.15) is 24.4 Å². The molecule has 5 fully saturated rings. The van der Waals surface area contributed by atoms with Gasteiger partial charge in [-0.1, -0.05) is 46.3 Å². The molecule has 0 spiro atoms. The molecule has 0 aromatic carbocycles. The summed E-state index contributed by atoms with van der Waals surface area (Å²) in [6.07, 6.45) is 8.02. The van der Waals surface area contributed by atoms with Gasteiger partial charge in [0.05, 0.1) is 18.1 Å². The van der Waals surface area contributed by atoms with Crippen LogP contribution in [0.1, 0.15) is 105 Å². The number of fused-ring (bicyclic) bond motifs is 7. The number of carbonyl (C=O) groups is 1. The van der Waals surface area contributed by atoms with Crippen molar-refractivity contribution in [3.8, 4) is 0 Å². The molecule has 1 saturated heterocycles. The van der Waals surface area contributed by atoms with Crippen LogP contribution in [0, 0.1) is 57.2 Å². The number of aliphatic hydroxyl groups excluding tert-OH is 4. The highest BCUT2D eigenvalue weighted by Gasteiger charge is 2.65. The minimum Gasteiger partial charge on any atom is -0.481 e. The summed E-state index contributed by atoms with van der Waals surface area (Å²) < 4.78 is 5.97. The van der Waals surface area contributed by atoms with Crippen molar-refractivity contribution in [2.75, 3.05) is 6.61 Å². The van der Waals surface area contributed by atoms with Crippen LogP contribution in [0.4, 0.5) is 0 Å². The Balaban J connectivity index is 1.25. The summed E-state index contributed by atoms with van der Waals surface area (Å²) in [5.74, 6) is 2.05. The highest BCUT2D eigenvalue weighted by Crippen LogP contribution is 2.72. The monoisotopic (exact) mass is 588 g/mol. The van der Waals surface area contributed by atoms with E-state index in [1.165, 1.54) is 12.0 Å². The average Bonchev–Trinajstić information content (AvgIpc) is 2.94. The van der Waals surface area contributed by atoms with Gasteiger partial charge >= 0.3 is 5.97 Å². The number of aliphatic carboxylic acids is 1. The fourth-order valence-electron chi connectivity index (χ4n) is 12.3. The van der Waals surface area contributed by atoms with Crippen LogP contribution in [0.15, 0.2) is 11.6 Å². The fourth-order valence-corrected chi connectivity index (χ4v) is 12.3. The van der Waals surface area contributed by atoms with Crippen molar-refractivity contribution < 1.29 is 35.1 Å². The molecule has 1 heterocycles. The van der Waals surface area contributed by atoms with Gasteiger partial charge in [-0.15, -0.1) is 0 Å². The first kappa shape index (κ1) is 31.0. The van der Waals surface area contributed by atoms with Crippen molar-refractivity contribution >= 4 is 5.97 Å². The zero-order valence-corrected chi connectivity index (χ0v) is 26.5. The second kappa shape index (κ2) is 10.5. The molecule has 14 unspecified atom stereocenters. The van der Waals surface area contributed by atoms with E-state index >= 15 is 0 Å². The molecule has 5 aliphatic carbocycles. The van der Waals surface area contributed by atoms with Crippen LogP contribution in [0.2, 0.25) is 0 Å². The second-order valence-corrected chi connectivity index (χ2v) is 16.7. The third-order valence-corrected chi connectivity index (χ3v) is 14.7. The lowest BCUT2D eigenvalue weighted by Gasteiger charge is -2.68. The van der Waals surface area contributed by atoms with Gasteiger partial charge in [-0.25, -0.2) is 0 Å². The highest BCUT2D eigenvalue weighted by atomic mass is 16.5. The molecule has 6 aliphatic rings. The highest BCUT2D eigenvalue weighted by molar-refractivity contribution is 5.76. The number of aliphatic hydroxyl groups is 4. The van der Waals surface area contributed by atoms with Crippen LogP contribution in [0.25, 0.3) is 0 Å². The van der Waals surface area contributed by atoms with Crippen LogP contribution in [0.5, 0.6) is 0 Å². The van der Waals surface area contributed by atoms with Gasteiger partial charge in [0, 0.05) is 0 Å². The van der Waals surface area contributed by atoms with Gasteiger partial charge in [-0.2, -0.15) is 0 Å². The Hall–Kier alpha value is -0.990. The Kier molecular flexibility index (Phi) is 7.78. The molecule has 14 atom stereocenters. The molecule has 0 bridgehead atoms. The predicted molar refractivity (Wildman–Crippen MR) is 159 cm³/mol. The molecule has 0 aromatic rings. The molecule has 0 amide bonds. The zero-order valence-electron chi connectivity index (χ0n) is 26.5. The zero-order chi connectivity index (χ0) is 30.4. The number of hydrogen-bond donors (Lipinski definition) is 5. The van der Waals surface area contributed by atoms with Crippen LogP contribution in [-0.2, 0) is 9.53 Å². The quantitative estimate of drug-likeness (QED) is 0.294. The van der Waals surface area contributed by atoms with Crippen LogP contribution < -0.4 is 0 Å². The summed E-state index contributed by atoms with van der Waals surface area (Å²) in [5, 5.41) is 51.7. The molecule has 0 aromatic heterocycles.